The molecular formula is C8H10ClFO2. The second kappa shape index (κ2) is 2.73. The summed E-state index contributed by atoms with van der Waals surface area (Å²) in [5.74, 6) is -1.66. The van der Waals surface area contributed by atoms with Gasteiger partial charge >= 0.3 is 5.97 Å². The van der Waals surface area contributed by atoms with Crippen LogP contribution < -0.4 is 0 Å². The van der Waals surface area contributed by atoms with Gasteiger partial charge in [-0.05, 0) is 11.5 Å². The Morgan fingerprint density at radius 3 is 2.42 bits per heavy atom. The summed E-state index contributed by atoms with van der Waals surface area (Å²) >= 11 is 5.01. The lowest BCUT2D eigenvalue weighted by Crippen LogP contribution is -2.02. The van der Waals surface area contributed by atoms with E-state index < -0.39 is 17.2 Å². The van der Waals surface area contributed by atoms with Crippen LogP contribution in [-0.2, 0) is 4.79 Å². The molecular weight excluding hydrogens is 183 g/mol. The van der Waals surface area contributed by atoms with Crippen LogP contribution in [0, 0.1) is 17.3 Å². The lowest BCUT2D eigenvalue weighted by atomic mass is 10.1. The number of rotatable bonds is 2. The quantitative estimate of drug-likeness (QED) is 0.730. The third-order valence-corrected chi connectivity index (χ3v) is 2.61. The summed E-state index contributed by atoms with van der Waals surface area (Å²) < 4.78 is 12.2. The Labute approximate surface area is 75.0 Å². The van der Waals surface area contributed by atoms with Crippen LogP contribution in [0.15, 0.2) is 11.4 Å². The molecule has 2 unspecified atom stereocenters. The molecule has 0 bridgehead atoms. The first-order valence-electron chi connectivity index (χ1n) is 3.63. The molecule has 1 rings (SSSR count). The van der Waals surface area contributed by atoms with Crippen molar-refractivity contribution in [3.8, 4) is 0 Å². The molecule has 2 nitrogen and oxygen atoms in total. The Kier molecular flexibility index (Phi) is 2.17. The van der Waals surface area contributed by atoms with Gasteiger partial charge in [-0.25, -0.2) is 0 Å². The van der Waals surface area contributed by atoms with Gasteiger partial charge < -0.3 is 5.11 Å². The molecule has 68 valence electrons. The molecule has 1 aliphatic rings. The average molecular weight is 193 g/mol. The molecule has 0 spiro atoms. The van der Waals surface area contributed by atoms with E-state index in [-0.39, 0.29) is 11.3 Å². The van der Waals surface area contributed by atoms with Crippen molar-refractivity contribution in [2.75, 3.05) is 0 Å². The van der Waals surface area contributed by atoms with Crippen LogP contribution in [0.4, 0.5) is 4.39 Å². The normalized spacial score (nSPS) is 33.2. The first-order valence-corrected chi connectivity index (χ1v) is 4.01. The lowest BCUT2D eigenvalue weighted by molar-refractivity contribution is -0.139. The molecule has 1 aliphatic carbocycles. The topological polar surface area (TPSA) is 37.3 Å². The maximum absolute atomic E-state index is 12.2. The second-order valence-electron chi connectivity index (χ2n) is 3.62. The van der Waals surface area contributed by atoms with Gasteiger partial charge in [-0.1, -0.05) is 25.4 Å². The molecule has 0 aliphatic heterocycles. The van der Waals surface area contributed by atoms with E-state index in [0.717, 1.165) is 0 Å². The predicted octanol–water partition coefficient (Wildman–Crippen LogP) is 2.39. The highest BCUT2D eigenvalue weighted by molar-refractivity contribution is 6.28. The molecule has 0 radical (unpaired) electrons. The van der Waals surface area contributed by atoms with E-state index >= 15 is 0 Å². The van der Waals surface area contributed by atoms with Gasteiger partial charge in [-0.15, -0.1) is 0 Å². The Morgan fingerprint density at radius 1 is 1.67 bits per heavy atom. The lowest BCUT2D eigenvalue weighted by Gasteiger charge is -1.95. The molecule has 1 fully saturated rings. The maximum Gasteiger partial charge on any atom is 0.307 e. The minimum absolute atomic E-state index is 0.271. The van der Waals surface area contributed by atoms with Gasteiger partial charge in [0.05, 0.1) is 5.92 Å². The van der Waals surface area contributed by atoms with E-state index in [1.165, 1.54) is 6.08 Å². The van der Waals surface area contributed by atoms with Gasteiger partial charge in [0.1, 0.15) is 0 Å². The smallest absolute Gasteiger partial charge is 0.307 e. The molecule has 0 aromatic carbocycles. The standard InChI is InChI=1S/C8H10ClFO2/c1-8(2)4(3-5(9)10)6(8)7(11)12/h3-4,6H,1-2H3,(H,11,12)/b5-3-. The van der Waals surface area contributed by atoms with Crippen LogP contribution in [0.5, 0.6) is 0 Å². The molecule has 0 heterocycles. The molecule has 0 amide bonds. The number of aliphatic carboxylic acids is 1. The van der Waals surface area contributed by atoms with Crippen molar-refractivity contribution in [2.45, 2.75) is 13.8 Å². The SMILES string of the molecule is CC1(C)C(/C=C(\F)Cl)C1C(=O)O. The van der Waals surface area contributed by atoms with Crippen LogP contribution in [0.3, 0.4) is 0 Å². The number of hydrogen-bond donors (Lipinski definition) is 1. The number of allylic oxidation sites excluding steroid dienone is 1. The van der Waals surface area contributed by atoms with E-state index in [1.54, 1.807) is 13.8 Å². The van der Waals surface area contributed by atoms with Crippen molar-refractivity contribution in [3.05, 3.63) is 11.4 Å². The van der Waals surface area contributed by atoms with E-state index in [2.05, 4.69) is 0 Å². The zero-order valence-electron chi connectivity index (χ0n) is 6.84. The summed E-state index contributed by atoms with van der Waals surface area (Å²) in [7, 11) is 0. The number of hydrogen-bond acceptors (Lipinski definition) is 1. The first kappa shape index (κ1) is 9.52. The fraction of sp³-hybridized carbons (Fsp3) is 0.625. The van der Waals surface area contributed by atoms with Gasteiger partial charge in [-0.3, -0.25) is 4.79 Å². The third-order valence-electron chi connectivity index (χ3n) is 2.48. The number of carbonyl (C=O) groups is 1. The predicted molar refractivity (Wildman–Crippen MR) is 43.4 cm³/mol. The molecule has 0 aromatic rings. The van der Waals surface area contributed by atoms with Gasteiger partial charge in [0.15, 0.2) is 5.29 Å². The van der Waals surface area contributed by atoms with E-state index in [9.17, 15) is 9.18 Å². The fourth-order valence-corrected chi connectivity index (χ4v) is 1.73. The minimum atomic E-state index is -0.890. The molecule has 2 atom stereocenters. The fourth-order valence-electron chi connectivity index (χ4n) is 1.60. The van der Waals surface area contributed by atoms with Crippen LogP contribution >= 0.6 is 11.6 Å². The van der Waals surface area contributed by atoms with Gasteiger partial charge in [0, 0.05) is 5.92 Å². The molecule has 1 saturated carbocycles. The highest BCUT2D eigenvalue weighted by atomic mass is 35.5. The van der Waals surface area contributed by atoms with Crippen molar-refractivity contribution in [2.24, 2.45) is 17.3 Å². The van der Waals surface area contributed by atoms with Gasteiger partial charge in [-0.2, -0.15) is 4.39 Å². The Morgan fingerprint density at radius 2 is 2.17 bits per heavy atom. The highest BCUT2D eigenvalue weighted by Gasteiger charge is 2.61. The Balaban J connectivity index is 2.73. The highest BCUT2D eigenvalue weighted by Crippen LogP contribution is 2.59. The summed E-state index contributed by atoms with van der Waals surface area (Å²) in [6.07, 6.45) is 1.17. The molecule has 0 aromatic heterocycles. The van der Waals surface area contributed by atoms with Crippen molar-refractivity contribution in [1.82, 2.24) is 0 Å². The van der Waals surface area contributed by atoms with Crippen molar-refractivity contribution in [1.29, 1.82) is 0 Å². The summed E-state index contributed by atoms with van der Waals surface area (Å²) in [6.45, 7) is 3.57. The molecule has 1 N–H and O–H groups in total. The zero-order valence-corrected chi connectivity index (χ0v) is 7.60. The first-order chi connectivity index (χ1) is 5.37. The van der Waals surface area contributed by atoms with Gasteiger partial charge in [0.25, 0.3) is 0 Å². The third kappa shape index (κ3) is 1.46. The number of carboxylic acids is 1. The van der Waals surface area contributed by atoms with Crippen LogP contribution in [-0.4, -0.2) is 11.1 Å². The second-order valence-corrected chi connectivity index (χ2v) is 3.98. The molecule has 0 saturated heterocycles. The van der Waals surface area contributed by atoms with Gasteiger partial charge in [0.2, 0.25) is 0 Å². The van der Waals surface area contributed by atoms with E-state index in [1.807, 2.05) is 0 Å². The maximum atomic E-state index is 12.2. The van der Waals surface area contributed by atoms with E-state index in [4.69, 9.17) is 16.7 Å². The molecule has 12 heavy (non-hydrogen) atoms. The molecule has 4 heteroatoms. The Bertz CT molecular complexity index is 243. The van der Waals surface area contributed by atoms with Crippen LogP contribution in [0.2, 0.25) is 0 Å². The summed E-state index contributed by atoms with van der Waals surface area (Å²) in [5, 5.41) is 7.86. The Hall–Kier alpha value is -0.570. The van der Waals surface area contributed by atoms with Crippen molar-refractivity contribution in [3.63, 3.8) is 0 Å². The minimum Gasteiger partial charge on any atom is -0.481 e. The average Bonchev–Trinajstić information content (AvgIpc) is 2.32. The monoisotopic (exact) mass is 192 g/mol. The van der Waals surface area contributed by atoms with E-state index in [0.29, 0.717) is 0 Å². The van der Waals surface area contributed by atoms with Crippen molar-refractivity contribution < 1.29 is 14.3 Å². The zero-order chi connectivity index (χ0) is 9.52. The summed E-state index contributed by atoms with van der Waals surface area (Å²) in [5.41, 5.74) is -0.363. The summed E-state index contributed by atoms with van der Waals surface area (Å²) in [4.78, 5) is 10.6. The summed E-state index contributed by atoms with van der Waals surface area (Å²) in [6, 6.07) is 0. The number of carboxylic acid groups (broad SMARTS) is 1. The van der Waals surface area contributed by atoms with Crippen LogP contribution in [0.25, 0.3) is 0 Å². The largest absolute Gasteiger partial charge is 0.481 e. The van der Waals surface area contributed by atoms with Crippen LogP contribution in [0.1, 0.15) is 13.8 Å². The van der Waals surface area contributed by atoms with Crippen molar-refractivity contribution >= 4 is 17.6 Å². The number of halogens is 2.